The lowest BCUT2D eigenvalue weighted by atomic mass is 9.88. The number of benzene rings is 3. The minimum Gasteiger partial charge on any atom is -1.00 e. The summed E-state index contributed by atoms with van der Waals surface area (Å²) >= 11 is 0. The molecule has 0 amide bonds. The lowest BCUT2D eigenvalue weighted by Gasteiger charge is -2.20. The molecule has 3 aromatic carbocycles. The van der Waals surface area contributed by atoms with E-state index in [-0.39, 0.29) is 26.0 Å². The molecule has 0 spiro atoms. The summed E-state index contributed by atoms with van der Waals surface area (Å²) in [5.41, 5.74) is 4.54. The van der Waals surface area contributed by atoms with Crippen LogP contribution in [0.5, 0.6) is 23.0 Å². The number of pyridine rings is 1. The van der Waals surface area contributed by atoms with Gasteiger partial charge in [-0.05, 0) is 41.5 Å². The van der Waals surface area contributed by atoms with E-state index in [0.29, 0.717) is 29.2 Å². The normalized spacial score (nSPS) is 14.5. The van der Waals surface area contributed by atoms with Gasteiger partial charge in [0.05, 0.1) is 10.9 Å². The summed E-state index contributed by atoms with van der Waals surface area (Å²) in [6, 6.07) is 11.7. The van der Waals surface area contributed by atoms with Crippen LogP contribution in [-0.2, 0) is 19.4 Å². The molecule has 4 heterocycles. The van der Waals surface area contributed by atoms with Crippen LogP contribution in [0.15, 0.2) is 48.7 Å². The topological polar surface area (TPSA) is 40.8 Å². The van der Waals surface area contributed by atoms with Gasteiger partial charge in [-0.3, -0.25) is 0 Å². The second-order valence-corrected chi connectivity index (χ2v) is 8.44. The van der Waals surface area contributed by atoms with Crippen molar-refractivity contribution in [2.24, 2.45) is 0 Å². The van der Waals surface area contributed by atoms with Crippen molar-refractivity contribution in [3.8, 4) is 34.3 Å². The highest BCUT2D eigenvalue weighted by molar-refractivity contribution is 5.95. The van der Waals surface area contributed by atoms with Crippen LogP contribution in [0.1, 0.15) is 16.7 Å². The molecule has 172 valence electrons. The summed E-state index contributed by atoms with van der Waals surface area (Å²) in [6.07, 6.45) is 3.20. The molecule has 0 saturated carbocycles. The standard InChI is InChI=1S/C26H18F2NO4.ClH/c27-16-2-1-15(21(28)9-16)7-19-17-3-4-22-26(33-13-30-22)20(17)11-29-6-5-14-8-23-24(32-12-31-23)10-18(14)25(19)29;/h1-4,8-11H,5-7,12-13H2;1H/q+1;/p-1. The predicted molar refractivity (Wildman–Crippen MR) is 115 cm³/mol. The molecule has 4 aromatic rings. The first-order valence-electron chi connectivity index (χ1n) is 10.8. The third kappa shape index (κ3) is 3.07. The maximum absolute atomic E-state index is 14.7. The number of halogens is 3. The van der Waals surface area contributed by atoms with Gasteiger partial charge in [-0.15, -0.1) is 0 Å². The van der Waals surface area contributed by atoms with Crippen molar-refractivity contribution in [2.75, 3.05) is 13.6 Å². The van der Waals surface area contributed by atoms with E-state index in [0.717, 1.165) is 57.9 Å². The maximum atomic E-state index is 14.7. The molecule has 0 fully saturated rings. The summed E-state index contributed by atoms with van der Waals surface area (Å²) in [4.78, 5) is 0. The van der Waals surface area contributed by atoms with Crippen LogP contribution in [0, 0.1) is 11.6 Å². The van der Waals surface area contributed by atoms with E-state index in [9.17, 15) is 8.78 Å². The average Bonchev–Trinajstić information content (AvgIpc) is 3.48. The minimum absolute atomic E-state index is 0. The predicted octanol–water partition coefficient (Wildman–Crippen LogP) is 1.68. The Morgan fingerprint density at radius 3 is 2.47 bits per heavy atom. The van der Waals surface area contributed by atoms with Crippen molar-refractivity contribution in [3.05, 3.63) is 77.0 Å². The van der Waals surface area contributed by atoms with Gasteiger partial charge in [-0.2, -0.15) is 4.57 Å². The highest BCUT2D eigenvalue weighted by atomic mass is 35.5. The van der Waals surface area contributed by atoms with E-state index in [1.165, 1.54) is 12.1 Å². The van der Waals surface area contributed by atoms with Crippen molar-refractivity contribution in [2.45, 2.75) is 19.4 Å². The lowest BCUT2D eigenvalue weighted by Crippen LogP contribution is -3.00. The third-order valence-corrected chi connectivity index (χ3v) is 6.62. The van der Waals surface area contributed by atoms with Crippen molar-refractivity contribution < 1.29 is 44.7 Å². The zero-order valence-corrected chi connectivity index (χ0v) is 18.6. The third-order valence-electron chi connectivity index (χ3n) is 6.62. The van der Waals surface area contributed by atoms with E-state index < -0.39 is 11.6 Å². The Bertz CT molecular complexity index is 1490. The van der Waals surface area contributed by atoms with Crippen molar-refractivity contribution in [3.63, 3.8) is 0 Å². The van der Waals surface area contributed by atoms with E-state index >= 15 is 0 Å². The van der Waals surface area contributed by atoms with Crippen molar-refractivity contribution in [1.29, 1.82) is 0 Å². The van der Waals surface area contributed by atoms with Gasteiger partial charge in [0.25, 0.3) is 0 Å². The molecule has 34 heavy (non-hydrogen) atoms. The first kappa shape index (κ1) is 21.0. The summed E-state index contributed by atoms with van der Waals surface area (Å²) in [7, 11) is 0. The minimum atomic E-state index is -0.591. The van der Waals surface area contributed by atoms with Gasteiger partial charge in [0, 0.05) is 29.9 Å². The summed E-state index contributed by atoms with van der Waals surface area (Å²) < 4.78 is 53.1. The highest BCUT2D eigenvalue weighted by Crippen LogP contribution is 2.45. The molecule has 0 radical (unpaired) electrons. The van der Waals surface area contributed by atoms with Gasteiger partial charge in [-0.1, -0.05) is 6.07 Å². The number of hydrogen-bond acceptors (Lipinski definition) is 4. The second kappa shape index (κ2) is 7.74. The van der Waals surface area contributed by atoms with E-state index in [2.05, 4.69) is 10.8 Å². The van der Waals surface area contributed by atoms with Crippen LogP contribution in [0.4, 0.5) is 8.78 Å². The molecule has 3 aliphatic heterocycles. The van der Waals surface area contributed by atoms with Crippen LogP contribution < -0.4 is 35.9 Å². The van der Waals surface area contributed by atoms with Gasteiger partial charge in [-0.25, -0.2) is 8.78 Å². The molecule has 8 heteroatoms. The largest absolute Gasteiger partial charge is 1.00 e. The van der Waals surface area contributed by atoms with E-state index in [1.54, 1.807) is 0 Å². The van der Waals surface area contributed by atoms with Crippen LogP contribution >= 0.6 is 0 Å². The van der Waals surface area contributed by atoms with E-state index in [1.807, 2.05) is 24.3 Å². The summed E-state index contributed by atoms with van der Waals surface area (Å²) in [6.45, 7) is 1.12. The number of nitrogens with zero attached hydrogens (tertiary/aromatic N) is 1. The molecule has 0 bridgehead atoms. The number of ether oxygens (including phenoxy) is 4. The Morgan fingerprint density at radius 2 is 1.62 bits per heavy atom. The van der Waals surface area contributed by atoms with Crippen LogP contribution in [0.2, 0.25) is 0 Å². The Labute approximate surface area is 199 Å². The van der Waals surface area contributed by atoms with Crippen molar-refractivity contribution in [1.82, 2.24) is 0 Å². The van der Waals surface area contributed by atoms with Crippen LogP contribution in [0.25, 0.3) is 22.0 Å². The fourth-order valence-electron chi connectivity index (χ4n) is 5.09. The Hall–Kier alpha value is -3.58. The number of fused-ring (bicyclic) bond motifs is 7. The molecular formula is C26H18ClF2NO4. The molecule has 3 aliphatic rings. The van der Waals surface area contributed by atoms with Gasteiger partial charge in [0.2, 0.25) is 19.3 Å². The number of aryl methyl sites for hydroxylation is 2. The zero-order chi connectivity index (χ0) is 22.1. The number of hydrogen-bond donors (Lipinski definition) is 0. The van der Waals surface area contributed by atoms with Gasteiger partial charge < -0.3 is 31.4 Å². The highest BCUT2D eigenvalue weighted by Gasteiger charge is 2.33. The summed E-state index contributed by atoms with van der Waals surface area (Å²) in [5, 5.41) is 1.86. The molecule has 0 saturated heterocycles. The van der Waals surface area contributed by atoms with Gasteiger partial charge in [0.1, 0.15) is 11.6 Å². The number of rotatable bonds is 2. The van der Waals surface area contributed by atoms with E-state index in [4.69, 9.17) is 18.9 Å². The number of aromatic nitrogens is 1. The molecular weight excluding hydrogens is 464 g/mol. The Kier molecular flexibility index (Phi) is 4.78. The molecule has 0 N–H and O–H groups in total. The first-order valence-corrected chi connectivity index (χ1v) is 10.8. The molecule has 1 aromatic heterocycles. The SMILES string of the molecule is Fc1ccc(Cc2c3[n+](cc4c5c(ccc24)OCO5)CCc2cc4c(cc2-3)OCO4)c(F)c1.[Cl-]. The van der Waals surface area contributed by atoms with Crippen molar-refractivity contribution >= 4 is 10.8 Å². The Balaban J connectivity index is 0.00000217. The quantitative estimate of drug-likeness (QED) is 0.409. The monoisotopic (exact) mass is 481 g/mol. The molecule has 7 rings (SSSR count). The molecule has 0 aliphatic carbocycles. The zero-order valence-electron chi connectivity index (χ0n) is 17.9. The lowest BCUT2D eigenvalue weighted by molar-refractivity contribution is -0.686. The second-order valence-electron chi connectivity index (χ2n) is 8.44. The van der Waals surface area contributed by atoms with Crippen LogP contribution in [-0.4, -0.2) is 13.6 Å². The molecule has 5 nitrogen and oxygen atoms in total. The maximum Gasteiger partial charge on any atom is 0.231 e. The van der Waals surface area contributed by atoms with Gasteiger partial charge in [0.15, 0.2) is 35.7 Å². The summed E-state index contributed by atoms with van der Waals surface area (Å²) in [5.74, 6) is 1.69. The van der Waals surface area contributed by atoms with Gasteiger partial charge >= 0.3 is 0 Å². The fraction of sp³-hybridized carbons (Fsp3) is 0.192. The molecule has 0 atom stereocenters. The first-order chi connectivity index (χ1) is 16.2. The fourth-order valence-corrected chi connectivity index (χ4v) is 5.09. The smallest absolute Gasteiger partial charge is 0.231 e. The van der Waals surface area contributed by atoms with Crippen LogP contribution in [0.3, 0.4) is 0 Å². The average molecular weight is 482 g/mol. The Morgan fingerprint density at radius 1 is 0.824 bits per heavy atom. The molecule has 0 unspecified atom stereocenters.